The van der Waals surface area contributed by atoms with E-state index in [4.69, 9.17) is 0 Å². The van der Waals surface area contributed by atoms with Gasteiger partial charge in [0.25, 0.3) is 0 Å². The molecule has 0 atom stereocenters. The molecule has 72 heavy (non-hydrogen) atoms. The molecule has 0 nitrogen and oxygen atoms in total. The molecule has 0 amide bonds. The molecule has 0 N–H and O–H groups in total. The molecule has 0 aromatic heterocycles. The minimum atomic E-state index is -3.23. The van der Waals surface area contributed by atoms with Crippen molar-refractivity contribution >= 4 is 60.9 Å². The van der Waals surface area contributed by atoms with Crippen molar-refractivity contribution in [3.05, 3.63) is 326 Å². The predicted molar refractivity (Wildman–Crippen MR) is 311 cm³/mol. The first-order valence-electron chi connectivity index (χ1n) is 24.5. The SMILES string of the molecule is CCC1=CC[C-]=C1[Si](c1cc(Cc2ccccc2)cc(Cc2ccccc2)c1)(c1cc(Cc2ccccc2)cc(Cc2ccccc2)c1)c1cc(Cc2ccccc2)cc(Cc2ccccc2)c1.Cl.Cl.Cl.[Ti]. The molecule has 9 aromatic carbocycles. The van der Waals surface area contributed by atoms with Gasteiger partial charge in [-0.1, -0.05) is 250 Å². The molecule has 0 bridgehead atoms. The average molecular weight is 1050 g/mol. The normalized spacial score (nSPS) is 11.7. The Kier molecular flexibility index (Phi) is 20.7. The summed E-state index contributed by atoms with van der Waals surface area (Å²) in [6.45, 7) is 2.35. The van der Waals surface area contributed by atoms with Crippen LogP contribution in [-0.2, 0) is 60.2 Å². The summed E-state index contributed by atoms with van der Waals surface area (Å²) in [6, 6.07) is 89.5. The van der Waals surface area contributed by atoms with E-state index >= 15 is 0 Å². The largest absolute Gasteiger partial charge is 0.272 e. The van der Waals surface area contributed by atoms with Gasteiger partial charge in [0.15, 0.2) is 0 Å². The maximum atomic E-state index is 4.19. The van der Waals surface area contributed by atoms with Crippen LogP contribution in [0.1, 0.15) is 86.5 Å². The van der Waals surface area contributed by atoms with Crippen LogP contribution in [-0.4, -0.2) is 8.07 Å². The number of rotatable bonds is 17. The first-order valence-corrected chi connectivity index (χ1v) is 26.5. The molecule has 9 aromatic rings. The summed E-state index contributed by atoms with van der Waals surface area (Å²) < 4.78 is 0. The van der Waals surface area contributed by atoms with Crippen molar-refractivity contribution in [2.45, 2.75) is 58.3 Å². The third-order valence-corrected chi connectivity index (χ3v) is 18.4. The van der Waals surface area contributed by atoms with Crippen LogP contribution in [0.2, 0.25) is 0 Å². The topological polar surface area (TPSA) is 0 Å². The number of hydrogen-bond acceptors (Lipinski definition) is 0. The predicted octanol–water partition coefficient (Wildman–Crippen LogP) is 15.0. The molecule has 5 heteroatoms. The summed E-state index contributed by atoms with van der Waals surface area (Å²) in [6.07, 6.45) is 13.6. The molecule has 0 heterocycles. The van der Waals surface area contributed by atoms with Crippen LogP contribution < -0.4 is 15.6 Å². The maximum absolute atomic E-state index is 4.19. The van der Waals surface area contributed by atoms with E-state index in [0.29, 0.717) is 0 Å². The molecule has 1 aliphatic rings. The van der Waals surface area contributed by atoms with Gasteiger partial charge in [-0.25, -0.2) is 10.8 Å². The molecule has 0 spiro atoms. The van der Waals surface area contributed by atoms with Crippen LogP contribution in [0.5, 0.6) is 0 Å². The van der Waals surface area contributed by atoms with E-state index in [-0.39, 0.29) is 58.9 Å². The van der Waals surface area contributed by atoms with Crippen LogP contribution in [0.25, 0.3) is 0 Å². The van der Waals surface area contributed by atoms with E-state index in [1.54, 1.807) is 0 Å². The second kappa shape index (κ2) is 26.8. The van der Waals surface area contributed by atoms with Crippen LogP contribution in [0, 0.1) is 6.08 Å². The van der Waals surface area contributed by atoms with E-state index in [1.807, 2.05) is 0 Å². The Labute approximate surface area is 463 Å². The van der Waals surface area contributed by atoms with Gasteiger partial charge in [-0.2, -0.15) is 6.08 Å². The zero-order chi connectivity index (χ0) is 46.0. The molecule has 10 rings (SSSR count). The first kappa shape index (κ1) is 55.6. The Bertz CT molecular complexity index is 2670. The fraction of sp³-hybridized carbons (Fsp3) is 0.134. The van der Waals surface area contributed by atoms with Crippen LogP contribution >= 0.6 is 37.2 Å². The number of allylic oxidation sites excluding steroid dienone is 4. The monoisotopic (exact) mass is 1050 g/mol. The smallest absolute Gasteiger partial charge is 0.144 e. The number of hydrogen-bond donors (Lipinski definition) is 0. The van der Waals surface area contributed by atoms with Crippen molar-refractivity contribution in [1.29, 1.82) is 0 Å². The first-order chi connectivity index (χ1) is 33.6. The summed E-state index contributed by atoms with van der Waals surface area (Å²) in [7, 11) is -3.23. The third kappa shape index (κ3) is 13.5. The van der Waals surface area contributed by atoms with Gasteiger partial charge in [-0.15, -0.1) is 43.6 Å². The van der Waals surface area contributed by atoms with Gasteiger partial charge in [0.1, 0.15) is 8.07 Å². The molecular weight excluding hydrogens is 987 g/mol. The molecule has 0 radical (unpaired) electrons. The second-order valence-electron chi connectivity index (χ2n) is 18.7. The molecule has 0 aliphatic heterocycles. The van der Waals surface area contributed by atoms with E-state index in [0.717, 1.165) is 51.4 Å². The van der Waals surface area contributed by atoms with E-state index in [9.17, 15) is 0 Å². The van der Waals surface area contributed by atoms with Crippen molar-refractivity contribution in [2.75, 3.05) is 0 Å². The summed E-state index contributed by atoms with van der Waals surface area (Å²) in [5.74, 6) is 0. The summed E-state index contributed by atoms with van der Waals surface area (Å²) in [4.78, 5) is 0. The fourth-order valence-corrected chi connectivity index (χ4v) is 16.1. The van der Waals surface area contributed by atoms with Gasteiger partial charge < -0.3 is 0 Å². The Morgan fingerprint density at radius 1 is 0.319 bits per heavy atom. The molecule has 0 saturated carbocycles. The third-order valence-electron chi connectivity index (χ3n) is 13.7. The van der Waals surface area contributed by atoms with E-state index < -0.39 is 8.07 Å². The van der Waals surface area contributed by atoms with Gasteiger partial charge in [0.2, 0.25) is 0 Å². The average Bonchev–Trinajstić information content (AvgIpc) is 3.85. The fourth-order valence-electron chi connectivity index (χ4n) is 10.7. The van der Waals surface area contributed by atoms with Gasteiger partial charge in [0.05, 0.1) is 0 Å². The van der Waals surface area contributed by atoms with Crippen LogP contribution in [0.15, 0.2) is 253 Å². The van der Waals surface area contributed by atoms with Gasteiger partial charge in [-0.05, 0) is 121 Å². The summed E-state index contributed by atoms with van der Waals surface area (Å²) >= 11 is 0. The molecule has 360 valence electrons. The Hall–Kier alpha value is -5.74. The summed E-state index contributed by atoms with van der Waals surface area (Å²) in [5.41, 5.74) is 17.5. The minimum Gasteiger partial charge on any atom is -0.272 e. The van der Waals surface area contributed by atoms with Crippen LogP contribution in [0.4, 0.5) is 0 Å². The van der Waals surface area contributed by atoms with Crippen molar-refractivity contribution in [3.63, 3.8) is 0 Å². The molecule has 0 fully saturated rings. The molecule has 0 saturated heterocycles. The van der Waals surface area contributed by atoms with Crippen molar-refractivity contribution in [2.24, 2.45) is 0 Å². The van der Waals surface area contributed by atoms with Gasteiger partial charge >= 0.3 is 0 Å². The molecule has 1 aliphatic carbocycles. The van der Waals surface area contributed by atoms with Crippen LogP contribution in [0.3, 0.4) is 0 Å². The van der Waals surface area contributed by atoms with Crippen molar-refractivity contribution < 1.29 is 21.7 Å². The Balaban J connectivity index is 0.00000212. The van der Waals surface area contributed by atoms with Gasteiger partial charge in [0, 0.05) is 21.7 Å². The van der Waals surface area contributed by atoms with E-state index in [1.165, 1.54) is 93.1 Å². The molecule has 0 unspecified atom stereocenters. The van der Waals surface area contributed by atoms with Gasteiger partial charge in [-0.3, -0.25) is 6.08 Å². The van der Waals surface area contributed by atoms with Crippen molar-refractivity contribution in [1.82, 2.24) is 0 Å². The minimum absolute atomic E-state index is 0. The number of benzene rings is 9. The Morgan fingerprint density at radius 2 is 0.542 bits per heavy atom. The number of halogens is 3. The van der Waals surface area contributed by atoms with E-state index in [2.05, 4.69) is 256 Å². The van der Waals surface area contributed by atoms with Crippen molar-refractivity contribution in [3.8, 4) is 0 Å². The molecular formula is C67H62Cl3SiTi-. The second-order valence-corrected chi connectivity index (χ2v) is 22.4. The quantitative estimate of drug-likeness (QED) is 0.0484. The summed E-state index contributed by atoms with van der Waals surface area (Å²) in [5, 5.41) is 5.73. The zero-order valence-corrected chi connectivity index (χ0v) is 46.0. The zero-order valence-electron chi connectivity index (χ0n) is 41.0. The maximum Gasteiger partial charge on any atom is 0.144 e. The standard InChI is InChI=1S/C67H59Si.3ClH.Ti/c1-2-63-34-21-35-67(63)68(64-45-57(36-51-22-9-3-10-23-51)42-58(46-64)37-52-24-11-4-12-25-52,65-47-59(38-53-26-13-5-14-27-53)43-60(48-65)39-54-28-15-6-16-29-54)66-49-61(40-55-30-17-7-18-31-55)44-62(50-66)41-56-32-19-8-20-33-56;;;;/h3-20,22-34,42-50H,2,21,36-41H2,1H3;3*1H;/q-1;;;;. The Morgan fingerprint density at radius 3 is 0.750 bits per heavy atom.